The molecular formula is C20H19FN6O3. The third-order valence-corrected chi connectivity index (χ3v) is 3.70. The minimum absolute atomic E-state index is 0.0372. The molecule has 0 spiro atoms. The number of hydrogen-bond acceptors (Lipinski definition) is 8. The SMILES string of the molecule is O=C(C=Nc1cccc(Nc2ncc(F)c(Nc3cccc(O)c3)n2)c1)NCCO. The van der Waals surface area contributed by atoms with Crippen molar-refractivity contribution in [2.75, 3.05) is 23.8 Å². The number of anilines is 4. The fourth-order valence-electron chi connectivity index (χ4n) is 2.39. The molecule has 1 amide bonds. The summed E-state index contributed by atoms with van der Waals surface area (Å²) in [6.07, 6.45) is 2.13. The van der Waals surface area contributed by atoms with Crippen molar-refractivity contribution < 1.29 is 19.4 Å². The van der Waals surface area contributed by atoms with Crippen molar-refractivity contribution in [3.05, 3.63) is 60.5 Å². The van der Waals surface area contributed by atoms with Gasteiger partial charge in [-0.3, -0.25) is 9.79 Å². The van der Waals surface area contributed by atoms with E-state index >= 15 is 0 Å². The van der Waals surface area contributed by atoms with E-state index in [0.717, 1.165) is 12.4 Å². The largest absolute Gasteiger partial charge is 0.508 e. The zero-order valence-electron chi connectivity index (χ0n) is 15.7. The molecular weight excluding hydrogens is 391 g/mol. The Kier molecular flexibility index (Phi) is 6.85. The molecule has 3 rings (SSSR count). The van der Waals surface area contributed by atoms with Crippen molar-refractivity contribution in [3.8, 4) is 5.75 Å². The van der Waals surface area contributed by atoms with Gasteiger partial charge in [0.2, 0.25) is 5.95 Å². The second-order valence-electron chi connectivity index (χ2n) is 6.01. The summed E-state index contributed by atoms with van der Waals surface area (Å²) in [5, 5.41) is 26.4. The number of aromatic nitrogens is 2. The number of phenols is 1. The van der Waals surface area contributed by atoms with Crippen LogP contribution in [0.2, 0.25) is 0 Å². The smallest absolute Gasteiger partial charge is 0.262 e. The van der Waals surface area contributed by atoms with Gasteiger partial charge >= 0.3 is 0 Å². The van der Waals surface area contributed by atoms with Crippen LogP contribution in [0.1, 0.15) is 0 Å². The van der Waals surface area contributed by atoms with E-state index in [0.29, 0.717) is 17.1 Å². The molecule has 9 nitrogen and oxygen atoms in total. The summed E-state index contributed by atoms with van der Waals surface area (Å²) in [4.78, 5) is 23.6. The molecule has 30 heavy (non-hydrogen) atoms. The first-order valence-corrected chi connectivity index (χ1v) is 8.92. The van der Waals surface area contributed by atoms with Crippen LogP contribution in [0, 0.1) is 5.82 Å². The highest BCUT2D eigenvalue weighted by Crippen LogP contribution is 2.24. The van der Waals surface area contributed by atoms with Gasteiger partial charge in [0.25, 0.3) is 5.91 Å². The Balaban J connectivity index is 1.72. The van der Waals surface area contributed by atoms with Crippen LogP contribution >= 0.6 is 0 Å². The van der Waals surface area contributed by atoms with Crippen molar-refractivity contribution in [1.29, 1.82) is 0 Å². The van der Waals surface area contributed by atoms with Crippen LogP contribution in [0.25, 0.3) is 0 Å². The van der Waals surface area contributed by atoms with Crippen LogP contribution in [0.5, 0.6) is 5.75 Å². The van der Waals surface area contributed by atoms with E-state index in [1.165, 1.54) is 12.1 Å². The van der Waals surface area contributed by atoms with Gasteiger partial charge in [-0.2, -0.15) is 4.98 Å². The Hall–Kier alpha value is -4.05. The van der Waals surface area contributed by atoms with E-state index in [4.69, 9.17) is 5.11 Å². The molecule has 0 aliphatic rings. The zero-order chi connectivity index (χ0) is 21.3. The van der Waals surface area contributed by atoms with E-state index in [1.54, 1.807) is 36.4 Å². The highest BCUT2D eigenvalue weighted by Gasteiger charge is 2.08. The molecule has 154 valence electrons. The van der Waals surface area contributed by atoms with Crippen LogP contribution in [-0.4, -0.2) is 45.5 Å². The second kappa shape index (κ2) is 9.94. The maximum absolute atomic E-state index is 14.1. The molecule has 0 bridgehead atoms. The number of aliphatic hydroxyl groups is 1. The third kappa shape index (κ3) is 5.97. The molecule has 10 heteroatoms. The van der Waals surface area contributed by atoms with Crippen molar-refractivity contribution in [2.24, 2.45) is 4.99 Å². The van der Waals surface area contributed by atoms with E-state index < -0.39 is 11.7 Å². The van der Waals surface area contributed by atoms with Gasteiger partial charge in [-0.05, 0) is 30.3 Å². The fraction of sp³-hybridized carbons (Fsp3) is 0.100. The summed E-state index contributed by atoms with van der Waals surface area (Å²) < 4.78 is 14.1. The summed E-state index contributed by atoms with van der Waals surface area (Å²) >= 11 is 0. The second-order valence-corrected chi connectivity index (χ2v) is 6.01. The molecule has 0 radical (unpaired) electrons. The van der Waals surface area contributed by atoms with Crippen molar-refractivity contribution >= 4 is 41.0 Å². The summed E-state index contributed by atoms with van der Waals surface area (Å²) in [6, 6.07) is 13.0. The van der Waals surface area contributed by atoms with Crippen LogP contribution < -0.4 is 16.0 Å². The van der Waals surface area contributed by atoms with E-state index in [-0.39, 0.29) is 30.7 Å². The Labute approximate surface area is 171 Å². The molecule has 0 saturated heterocycles. The van der Waals surface area contributed by atoms with E-state index in [1.807, 2.05) is 0 Å². The van der Waals surface area contributed by atoms with Crippen LogP contribution in [0.3, 0.4) is 0 Å². The number of carbonyl (C=O) groups is 1. The molecule has 2 aromatic carbocycles. The number of hydrogen-bond donors (Lipinski definition) is 5. The lowest BCUT2D eigenvalue weighted by molar-refractivity contribution is -0.114. The molecule has 0 unspecified atom stereocenters. The maximum atomic E-state index is 14.1. The highest BCUT2D eigenvalue weighted by molar-refractivity contribution is 6.26. The lowest BCUT2D eigenvalue weighted by Gasteiger charge is -2.10. The van der Waals surface area contributed by atoms with Crippen molar-refractivity contribution in [1.82, 2.24) is 15.3 Å². The summed E-state index contributed by atoms with van der Waals surface area (Å²) in [6.45, 7) is -0.00768. The molecule has 0 atom stereocenters. The summed E-state index contributed by atoms with van der Waals surface area (Å²) in [5.74, 6) is -0.966. The Bertz CT molecular complexity index is 1060. The monoisotopic (exact) mass is 410 g/mol. The topological polar surface area (TPSA) is 132 Å². The minimum Gasteiger partial charge on any atom is -0.508 e. The first-order chi connectivity index (χ1) is 14.5. The van der Waals surface area contributed by atoms with Gasteiger partial charge in [-0.1, -0.05) is 12.1 Å². The molecule has 0 aliphatic carbocycles. The number of aromatic hydroxyl groups is 1. The summed E-state index contributed by atoms with van der Waals surface area (Å²) in [5.41, 5.74) is 1.55. The van der Waals surface area contributed by atoms with E-state index in [2.05, 4.69) is 30.9 Å². The average molecular weight is 410 g/mol. The first-order valence-electron chi connectivity index (χ1n) is 8.92. The number of amides is 1. The first kappa shape index (κ1) is 20.7. The van der Waals surface area contributed by atoms with E-state index in [9.17, 15) is 14.3 Å². The van der Waals surface area contributed by atoms with Gasteiger partial charge in [0.15, 0.2) is 11.6 Å². The zero-order valence-corrected chi connectivity index (χ0v) is 15.7. The maximum Gasteiger partial charge on any atom is 0.262 e. The number of nitrogens with one attached hydrogen (secondary N) is 3. The summed E-state index contributed by atoms with van der Waals surface area (Å²) in [7, 11) is 0. The van der Waals surface area contributed by atoms with Crippen molar-refractivity contribution in [2.45, 2.75) is 0 Å². The predicted octanol–water partition coefficient (Wildman–Crippen LogP) is 2.62. The minimum atomic E-state index is -0.656. The van der Waals surface area contributed by atoms with Gasteiger partial charge in [-0.15, -0.1) is 0 Å². The number of carbonyl (C=O) groups excluding carboxylic acids is 1. The van der Waals surface area contributed by atoms with Gasteiger partial charge < -0.3 is 26.2 Å². The Morgan fingerprint density at radius 2 is 1.90 bits per heavy atom. The highest BCUT2D eigenvalue weighted by atomic mass is 19.1. The molecule has 0 saturated carbocycles. The number of aliphatic hydroxyl groups excluding tert-OH is 1. The van der Waals surface area contributed by atoms with Crippen LogP contribution in [-0.2, 0) is 4.79 Å². The average Bonchev–Trinajstić information content (AvgIpc) is 2.73. The van der Waals surface area contributed by atoms with Gasteiger partial charge in [0.05, 0.1) is 24.7 Å². The van der Waals surface area contributed by atoms with Gasteiger partial charge in [-0.25, -0.2) is 9.37 Å². The number of aliphatic imine (C=N–C) groups is 1. The van der Waals surface area contributed by atoms with Crippen LogP contribution in [0.4, 0.5) is 33.2 Å². The van der Waals surface area contributed by atoms with Crippen LogP contribution in [0.15, 0.2) is 59.7 Å². The number of halogens is 1. The number of benzene rings is 2. The predicted molar refractivity (Wildman–Crippen MR) is 111 cm³/mol. The Morgan fingerprint density at radius 1 is 1.13 bits per heavy atom. The molecule has 1 aromatic heterocycles. The Morgan fingerprint density at radius 3 is 2.67 bits per heavy atom. The standard InChI is InChI=1S/C20H19FN6O3/c21-17-11-24-20(27-19(17)25-15-5-2-6-16(29)10-15)26-14-4-1-3-13(9-14)23-12-18(30)22-7-8-28/h1-6,9-12,28-29H,7-8H2,(H,22,30)(H2,24,25,26,27). The molecule has 1 heterocycles. The normalized spacial score (nSPS) is 10.7. The number of phenolic OH excluding ortho intramolecular Hbond substituents is 1. The lowest BCUT2D eigenvalue weighted by Crippen LogP contribution is -2.26. The molecule has 3 aromatic rings. The lowest BCUT2D eigenvalue weighted by atomic mass is 10.3. The molecule has 5 N–H and O–H groups in total. The number of rotatable bonds is 8. The number of nitrogens with zero attached hydrogens (tertiary/aromatic N) is 3. The van der Waals surface area contributed by atoms with Gasteiger partial charge in [0, 0.05) is 24.0 Å². The quantitative estimate of drug-likeness (QED) is 0.361. The third-order valence-electron chi connectivity index (χ3n) is 3.70. The molecule has 0 fully saturated rings. The van der Waals surface area contributed by atoms with Crippen molar-refractivity contribution in [3.63, 3.8) is 0 Å². The fourth-order valence-corrected chi connectivity index (χ4v) is 2.39. The van der Waals surface area contributed by atoms with Gasteiger partial charge in [0.1, 0.15) is 5.75 Å². The molecule has 0 aliphatic heterocycles.